The number of aliphatic hydroxyl groups is 1. The number of rotatable bonds is 6. The van der Waals surface area contributed by atoms with Gasteiger partial charge in [0.1, 0.15) is 18.6 Å². The summed E-state index contributed by atoms with van der Waals surface area (Å²) in [6.07, 6.45) is 0.784. The van der Waals surface area contributed by atoms with Crippen molar-refractivity contribution in [2.45, 2.75) is 0 Å². The van der Waals surface area contributed by atoms with E-state index >= 15 is 0 Å². The van der Waals surface area contributed by atoms with Gasteiger partial charge < -0.3 is 9.84 Å². The monoisotopic (exact) mass is 270 g/mol. The molecule has 20 heavy (non-hydrogen) atoms. The topological polar surface area (TPSA) is 71.2 Å². The van der Waals surface area contributed by atoms with Gasteiger partial charge in [-0.3, -0.25) is 4.79 Å². The Morgan fingerprint density at radius 1 is 0.950 bits per heavy atom. The van der Waals surface area contributed by atoms with Crippen molar-refractivity contribution in [2.24, 2.45) is 10.2 Å². The third-order valence-electron chi connectivity index (χ3n) is 2.51. The minimum absolute atomic E-state index is 0.0156. The summed E-state index contributed by atoms with van der Waals surface area (Å²) in [7, 11) is 0. The maximum absolute atomic E-state index is 10.5. The molecule has 2 aromatic rings. The van der Waals surface area contributed by atoms with Gasteiger partial charge in [-0.25, -0.2) is 0 Å². The summed E-state index contributed by atoms with van der Waals surface area (Å²) in [5.41, 5.74) is 1.98. The van der Waals surface area contributed by atoms with Crippen LogP contribution in [0.4, 0.5) is 11.4 Å². The second kappa shape index (κ2) is 7.16. The second-order valence-electron chi connectivity index (χ2n) is 3.98. The SMILES string of the molecule is O=Cc1ccc(N=Nc2ccc(OCCO)cc2)cc1. The van der Waals surface area contributed by atoms with Crippen LogP contribution in [0, 0.1) is 0 Å². The Labute approximate surface area is 116 Å². The summed E-state index contributed by atoms with van der Waals surface area (Å²) in [6, 6.07) is 13.9. The first kappa shape index (κ1) is 13.9. The zero-order valence-electron chi connectivity index (χ0n) is 10.8. The van der Waals surface area contributed by atoms with Gasteiger partial charge in [0.05, 0.1) is 18.0 Å². The number of aldehydes is 1. The third-order valence-corrected chi connectivity index (χ3v) is 2.51. The lowest BCUT2D eigenvalue weighted by Gasteiger charge is -2.03. The van der Waals surface area contributed by atoms with Crippen LogP contribution in [0.1, 0.15) is 10.4 Å². The van der Waals surface area contributed by atoms with Crippen molar-refractivity contribution in [2.75, 3.05) is 13.2 Å². The fourth-order valence-corrected chi connectivity index (χ4v) is 1.51. The molecule has 2 rings (SSSR count). The number of ether oxygens (including phenoxy) is 1. The van der Waals surface area contributed by atoms with Crippen LogP contribution in [-0.2, 0) is 0 Å². The van der Waals surface area contributed by atoms with Crippen LogP contribution in [0.15, 0.2) is 58.8 Å². The number of carbonyl (C=O) groups excluding carboxylic acids is 1. The molecule has 5 nitrogen and oxygen atoms in total. The van der Waals surface area contributed by atoms with Gasteiger partial charge in [-0.05, 0) is 48.5 Å². The largest absolute Gasteiger partial charge is 0.491 e. The lowest BCUT2D eigenvalue weighted by atomic mass is 10.2. The van der Waals surface area contributed by atoms with Gasteiger partial charge in [0.15, 0.2) is 0 Å². The van der Waals surface area contributed by atoms with Crippen LogP contribution in [0.2, 0.25) is 0 Å². The quantitative estimate of drug-likeness (QED) is 0.646. The lowest BCUT2D eigenvalue weighted by molar-refractivity contribution is 0.112. The second-order valence-corrected chi connectivity index (χ2v) is 3.98. The van der Waals surface area contributed by atoms with E-state index in [0.717, 1.165) is 6.29 Å². The number of azo groups is 1. The van der Waals surface area contributed by atoms with E-state index in [1.54, 1.807) is 48.5 Å². The molecule has 0 aliphatic rings. The van der Waals surface area contributed by atoms with Gasteiger partial charge in [-0.15, -0.1) is 0 Å². The van der Waals surface area contributed by atoms with E-state index in [1.807, 2.05) is 0 Å². The molecule has 0 bridgehead atoms. The summed E-state index contributed by atoms with van der Waals surface area (Å²) >= 11 is 0. The number of carbonyl (C=O) groups is 1. The van der Waals surface area contributed by atoms with Crippen molar-refractivity contribution >= 4 is 17.7 Å². The Morgan fingerprint density at radius 3 is 2.00 bits per heavy atom. The summed E-state index contributed by atoms with van der Waals surface area (Å²) in [5.74, 6) is 0.674. The van der Waals surface area contributed by atoms with Crippen LogP contribution in [-0.4, -0.2) is 24.6 Å². The highest BCUT2D eigenvalue weighted by atomic mass is 16.5. The van der Waals surface area contributed by atoms with Gasteiger partial charge in [-0.1, -0.05) is 0 Å². The summed E-state index contributed by atoms with van der Waals surface area (Å²) < 4.78 is 5.24. The van der Waals surface area contributed by atoms with Crippen LogP contribution < -0.4 is 4.74 Å². The number of nitrogens with zero attached hydrogens (tertiary/aromatic N) is 2. The Balaban J connectivity index is 2.01. The molecular weight excluding hydrogens is 256 g/mol. The summed E-state index contributed by atoms with van der Waals surface area (Å²) in [5, 5.41) is 16.8. The molecule has 5 heteroatoms. The van der Waals surface area contributed by atoms with E-state index in [1.165, 1.54) is 0 Å². The minimum Gasteiger partial charge on any atom is -0.491 e. The number of aliphatic hydroxyl groups excluding tert-OH is 1. The predicted octanol–water partition coefficient (Wildman–Crippen LogP) is 3.29. The van der Waals surface area contributed by atoms with Crippen LogP contribution >= 0.6 is 0 Å². The van der Waals surface area contributed by atoms with E-state index < -0.39 is 0 Å². The van der Waals surface area contributed by atoms with Crippen molar-refractivity contribution in [3.05, 3.63) is 54.1 Å². The highest BCUT2D eigenvalue weighted by Gasteiger charge is 1.95. The molecule has 0 spiro atoms. The molecule has 1 N–H and O–H groups in total. The standard InChI is InChI=1S/C15H14N2O3/c18-9-10-20-15-7-5-14(6-8-15)17-16-13-3-1-12(11-19)2-4-13/h1-8,11,18H,9-10H2. The van der Waals surface area contributed by atoms with E-state index in [0.29, 0.717) is 22.7 Å². The Bertz CT molecular complexity index is 577. The molecule has 0 saturated carbocycles. The average Bonchev–Trinajstić information content (AvgIpc) is 2.52. The number of hydrogen-bond donors (Lipinski definition) is 1. The normalized spacial score (nSPS) is 10.7. The molecule has 0 aliphatic heterocycles. The molecule has 0 amide bonds. The van der Waals surface area contributed by atoms with Crippen molar-refractivity contribution < 1.29 is 14.6 Å². The molecule has 0 aliphatic carbocycles. The molecule has 0 unspecified atom stereocenters. The molecule has 0 fully saturated rings. The Hall–Kier alpha value is -2.53. The predicted molar refractivity (Wildman–Crippen MR) is 75.0 cm³/mol. The molecule has 0 saturated heterocycles. The van der Waals surface area contributed by atoms with Crippen molar-refractivity contribution in [1.29, 1.82) is 0 Å². The van der Waals surface area contributed by atoms with Gasteiger partial charge in [-0.2, -0.15) is 10.2 Å². The zero-order valence-corrected chi connectivity index (χ0v) is 10.8. The molecule has 2 aromatic carbocycles. The molecule has 0 heterocycles. The lowest BCUT2D eigenvalue weighted by Crippen LogP contribution is -2.00. The highest BCUT2D eigenvalue weighted by Crippen LogP contribution is 2.21. The maximum atomic E-state index is 10.5. The van der Waals surface area contributed by atoms with Gasteiger partial charge in [0, 0.05) is 5.56 Å². The zero-order chi connectivity index (χ0) is 14.2. The minimum atomic E-state index is -0.0156. The summed E-state index contributed by atoms with van der Waals surface area (Å²) in [6.45, 7) is 0.252. The fraction of sp³-hybridized carbons (Fsp3) is 0.133. The fourth-order valence-electron chi connectivity index (χ4n) is 1.51. The number of benzene rings is 2. The van der Waals surface area contributed by atoms with Gasteiger partial charge >= 0.3 is 0 Å². The van der Waals surface area contributed by atoms with Crippen molar-refractivity contribution in [3.63, 3.8) is 0 Å². The van der Waals surface area contributed by atoms with E-state index in [-0.39, 0.29) is 13.2 Å². The Kier molecular flexibility index (Phi) is 4.97. The van der Waals surface area contributed by atoms with Crippen LogP contribution in [0.3, 0.4) is 0 Å². The molecule has 0 atom stereocenters. The molecule has 0 aromatic heterocycles. The molecule has 102 valence electrons. The summed E-state index contributed by atoms with van der Waals surface area (Å²) in [4.78, 5) is 10.5. The highest BCUT2D eigenvalue weighted by molar-refractivity contribution is 5.75. The number of hydrogen-bond acceptors (Lipinski definition) is 5. The van der Waals surface area contributed by atoms with Crippen LogP contribution in [0.25, 0.3) is 0 Å². The smallest absolute Gasteiger partial charge is 0.150 e. The van der Waals surface area contributed by atoms with E-state index in [9.17, 15) is 4.79 Å². The average molecular weight is 270 g/mol. The molecular formula is C15H14N2O3. The Morgan fingerprint density at radius 2 is 1.50 bits per heavy atom. The first-order chi connectivity index (χ1) is 9.81. The van der Waals surface area contributed by atoms with Gasteiger partial charge in [0.25, 0.3) is 0 Å². The first-order valence-electron chi connectivity index (χ1n) is 6.12. The van der Waals surface area contributed by atoms with Crippen LogP contribution in [0.5, 0.6) is 5.75 Å². The first-order valence-corrected chi connectivity index (χ1v) is 6.12. The maximum Gasteiger partial charge on any atom is 0.150 e. The third kappa shape index (κ3) is 4.00. The van der Waals surface area contributed by atoms with Crippen molar-refractivity contribution in [3.8, 4) is 5.75 Å². The van der Waals surface area contributed by atoms with Crippen molar-refractivity contribution in [1.82, 2.24) is 0 Å². The van der Waals surface area contributed by atoms with Gasteiger partial charge in [0.2, 0.25) is 0 Å². The van der Waals surface area contributed by atoms with E-state index in [2.05, 4.69) is 10.2 Å². The van der Waals surface area contributed by atoms with E-state index in [4.69, 9.17) is 9.84 Å². The molecule has 0 radical (unpaired) electrons.